The van der Waals surface area contributed by atoms with Gasteiger partial charge in [0.1, 0.15) is 5.15 Å². The number of sulfone groups is 1. The maximum Gasteiger partial charge on any atom is 0.162 e. The summed E-state index contributed by atoms with van der Waals surface area (Å²) in [5.74, 6) is -0.0915. The number of fused-ring (bicyclic) bond motifs is 1. The molecule has 116 valence electrons. The molecule has 5 heteroatoms. The Balaban J connectivity index is 1.85. The molecule has 0 saturated heterocycles. The number of hydrogen-bond donors (Lipinski definition) is 0. The van der Waals surface area contributed by atoms with E-state index in [1.54, 1.807) is 25.1 Å². The van der Waals surface area contributed by atoms with E-state index in [-0.39, 0.29) is 5.75 Å². The predicted molar refractivity (Wildman–Crippen MR) is 88.8 cm³/mol. The van der Waals surface area contributed by atoms with E-state index in [0.29, 0.717) is 10.8 Å². The molecule has 1 aromatic heterocycles. The molecule has 1 unspecified atom stereocenters. The van der Waals surface area contributed by atoms with E-state index in [1.807, 2.05) is 6.07 Å². The van der Waals surface area contributed by atoms with Gasteiger partial charge in [0.05, 0.1) is 16.7 Å². The van der Waals surface area contributed by atoms with Gasteiger partial charge in [0, 0.05) is 0 Å². The number of benzene rings is 1. The smallest absolute Gasteiger partial charge is 0.162 e. The molecule has 0 N–H and O–H groups in total. The predicted octanol–water partition coefficient (Wildman–Crippen LogP) is 3.90. The molecule has 0 fully saturated rings. The van der Waals surface area contributed by atoms with Gasteiger partial charge in [0.25, 0.3) is 0 Å². The molecule has 0 amide bonds. The summed E-state index contributed by atoms with van der Waals surface area (Å²) in [4.78, 5) is 4.08. The van der Waals surface area contributed by atoms with Crippen molar-refractivity contribution < 1.29 is 8.42 Å². The van der Waals surface area contributed by atoms with Crippen LogP contribution in [0.2, 0.25) is 5.15 Å². The number of rotatable bonds is 4. The van der Waals surface area contributed by atoms with Crippen molar-refractivity contribution in [2.24, 2.45) is 0 Å². The molecule has 3 rings (SSSR count). The van der Waals surface area contributed by atoms with Gasteiger partial charge in [-0.1, -0.05) is 35.9 Å². The summed E-state index contributed by atoms with van der Waals surface area (Å²) < 4.78 is 25.3. The second-order valence-electron chi connectivity index (χ2n) is 5.78. The quantitative estimate of drug-likeness (QED) is 0.796. The largest absolute Gasteiger partial charge is 0.240 e. The van der Waals surface area contributed by atoms with Crippen LogP contribution < -0.4 is 0 Å². The highest BCUT2D eigenvalue weighted by Crippen LogP contribution is 2.30. The van der Waals surface area contributed by atoms with Gasteiger partial charge in [-0.15, -0.1) is 0 Å². The average Bonchev–Trinajstić information content (AvgIpc) is 2.93. The average molecular weight is 336 g/mol. The number of aryl methyl sites for hydroxylation is 2. The first-order valence-electron chi connectivity index (χ1n) is 7.40. The summed E-state index contributed by atoms with van der Waals surface area (Å²) in [7, 11) is -3.32. The molecule has 1 aliphatic carbocycles. The summed E-state index contributed by atoms with van der Waals surface area (Å²) in [6, 6.07) is 11.1. The van der Waals surface area contributed by atoms with Gasteiger partial charge >= 0.3 is 0 Å². The number of aromatic nitrogens is 1. The highest BCUT2D eigenvalue weighted by molar-refractivity contribution is 7.90. The number of hydrogen-bond acceptors (Lipinski definition) is 3. The van der Waals surface area contributed by atoms with Crippen LogP contribution in [0.3, 0.4) is 0 Å². The van der Waals surface area contributed by atoms with E-state index in [9.17, 15) is 8.42 Å². The van der Waals surface area contributed by atoms with Gasteiger partial charge in [0.2, 0.25) is 0 Å². The standard InChI is InChI=1S/C17H18ClNO2S/c1-12(14-9-8-13-4-2-5-15(13)10-14)22(20,21)11-16-6-3-7-17(18)19-16/h3,6-10,12H,2,4-5,11H2,1H3. The Bertz CT molecular complexity index is 802. The van der Waals surface area contributed by atoms with Crippen LogP contribution in [0.25, 0.3) is 0 Å². The van der Waals surface area contributed by atoms with E-state index >= 15 is 0 Å². The van der Waals surface area contributed by atoms with Crippen LogP contribution in [0, 0.1) is 0 Å². The molecule has 1 aromatic carbocycles. The first-order chi connectivity index (χ1) is 10.5. The number of pyridine rings is 1. The molecule has 1 heterocycles. The Labute approximate surface area is 136 Å². The second-order valence-corrected chi connectivity index (χ2v) is 8.49. The van der Waals surface area contributed by atoms with Crippen molar-refractivity contribution >= 4 is 21.4 Å². The minimum Gasteiger partial charge on any atom is -0.240 e. The first-order valence-corrected chi connectivity index (χ1v) is 9.50. The number of nitrogens with zero attached hydrogens (tertiary/aromatic N) is 1. The second kappa shape index (κ2) is 6.01. The van der Waals surface area contributed by atoms with Crippen LogP contribution in [0.5, 0.6) is 0 Å². The fourth-order valence-electron chi connectivity index (χ4n) is 2.91. The van der Waals surface area contributed by atoms with Gasteiger partial charge in [-0.2, -0.15) is 0 Å². The van der Waals surface area contributed by atoms with E-state index in [0.717, 1.165) is 24.8 Å². The van der Waals surface area contributed by atoms with Crippen LogP contribution in [0.1, 0.15) is 41.0 Å². The topological polar surface area (TPSA) is 47.0 Å². The molecule has 1 atom stereocenters. The van der Waals surface area contributed by atoms with E-state index < -0.39 is 15.1 Å². The zero-order valence-electron chi connectivity index (χ0n) is 12.4. The molecule has 3 nitrogen and oxygen atoms in total. The lowest BCUT2D eigenvalue weighted by Gasteiger charge is -2.14. The van der Waals surface area contributed by atoms with Crippen LogP contribution in [-0.4, -0.2) is 13.4 Å². The van der Waals surface area contributed by atoms with Gasteiger partial charge in [-0.05, 0) is 55.0 Å². The van der Waals surface area contributed by atoms with Crippen molar-refractivity contribution in [1.82, 2.24) is 4.98 Å². The van der Waals surface area contributed by atoms with Crippen molar-refractivity contribution in [2.75, 3.05) is 0 Å². The van der Waals surface area contributed by atoms with E-state index in [4.69, 9.17) is 11.6 Å². The molecule has 0 bridgehead atoms. The molecule has 0 spiro atoms. The highest BCUT2D eigenvalue weighted by atomic mass is 35.5. The third-order valence-corrected chi connectivity index (χ3v) is 6.51. The maximum atomic E-state index is 12.6. The lowest BCUT2D eigenvalue weighted by atomic mass is 10.0. The Hall–Kier alpha value is -1.39. The maximum absolute atomic E-state index is 12.6. The fraction of sp³-hybridized carbons (Fsp3) is 0.353. The molecule has 1 aliphatic rings. The third kappa shape index (κ3) is 3.18. The summed E-state index contributed by atoms with van der Waals surface area (Å²) >= 11 is 5.83. The zero-order chi connectivity index (χ0) is 15.7. The lowest BCUT2D eigenvalue weighted by Crippen LogP contribution is -2.14. The van der Waals surface area contributed by atoms with Crippen LogP contribution in [0.4, 0.5) is 0 Å². The third-order valence-electron chi connectivity index (χ3n) is 4.25. The summed E-state index contributed by atoms with van der Waals surface area (Å²) in [6.07, 6.45) is 3.31. The monoisotopic (exact) mass is 335 g/mol. The van der Waals surface area contributed by atoms with Gasteiger partial charge in [-0.25, -0.2) is 13.4 Å². The minimum absolute atomic E-state index is 0.0915. The summed E-state index contributed by atoms with van der Waals surface area (Å²) in [5, 5.41) is -0.225. The van der Waals surface area contributed by atoms with E-state index in [2.05, 4.69) is 17.1 Å². The zero-order valence-corrected chi connectivity index (χ0v) is 14.0. The molecule has 0 aliphatic heterocycles. The first kappa shape index (κ1) is 15.5. The molecule has 22 heavy (non-hydrogen) atoms. The van der Waals surface area contributed by atoms with Crippen molar-refractivity contribution in [3.8, 4) is 0 Å². The Kier molecular flexibility index (Phi) is 4.24. The van der Waals surface area contributed by atoms with Crippen molar-refractivity contribution in [3.63, 3.8) is 0 Å². The van der Waals surface area contributed by atoms with Crippen molar-refractivity contribution in [3.05, 3.63) is 63.9 Å². The highest BCUT2D eigenvalue weighted by Gasteiger charge is 2.25. The van der Waals surface area contributed by atoms with Crippen LogP contribution in [-0.2, 0) is 28.4 Å². The SMILES string of the molecule is CC(c1ccc2c(c1)CCC2)S(=O)(=O)Cc1cccc(Cl)n1. The Morgan fingerprint density at radius 3 is 2.73 bits per heavy atom. The molecular formula is C17H18ClNO2S. The van der Waals surface area contributed by atoms with Crippen molar-refractivity contribution in [1.29, 1.82) is 0 Å². The van der Waals surface area contributed by atoms with Gasteiger partial charge < -0.3 is 0 Å². The van der Waals surface area contributed by atoms with Crippen molar-refractivity contribution in [2.45, 2.75) is 37.2 Å². The van der Waals surface area contributed by atoms with Gasteiger partial charge in [0.15, 0.2) is 9.84 Å². The molecule has 0 saturated carbocycles. The Morgan fingerprint density at radius 1 is 1.18 bits per heavy atom. The van der Waals surface area contributed by atoms with Crippen LogP contribution in [0.15, 0.2) is 36.4 Å². The molecule has 0 radical (unpaired) electrons. The molecule has 2 aromatic rings. The van der Waals surface area contributed by atoms with Crippen LogP contribution >= 0.6 is 11.6 Å². The van der Waals surface area contributed by atoms with Gasteiger partial charge in [-0.3, -0.25) is 0 Å². The minimum atomic E-state index is -3.32. The Morgan fingerprint density at radius 2 is 1.95 bits per heavy atom. The summed E-state index contributed by atoms with van der Waals surface area (Å²) in [5.41, 5.74) is 3.99. The lowest BCUT2D eigenvalue weighted by molar-refractivity contribution is 0.584. The normalized spacial score (nSPS) is 15.5. The fourth-order valence-corrected chi connectivity index (χ4v) is 4.48. The van der Waals surface area contributed by atoms with E-state index in [1.165, 1.54) is 11.1 Å². The number of halogens is 1. The molecular weight excluding hydrogens is 318 g/mol. The summed E-state index contributed by atoms with van der Waals surface area (Å²) in [6.45, 7) is 1.75.